The van der Waals surface area contributed by atoms with Crippen LogP contribution in [-0.4, -0.2) is 27.3 Å². The van der Waals surface area contributed by atoms with Crippen LogP contribution < -0.4 is 16.3 Å². The lowest BCUT2D eigenvalue weighted by molar-refractivity contribution is 0.201. The van der Waals surface area contributed by atoms with Crippen LogP contribution in [0.2, 0.25) is 0 Å². The minimum absolute atomic E-state index is 0.229. The van der Waals surface area contributed by atoms with Crippen molar-refractivity contribution >= 4 is 17.2 Å². The first-order valence-corrected chi connectivity index (χ1v) is 6.63. The number of aromatic nitrogens is 2. The van der Waals surface area contributed by atoms with Gasteiger partial charge in [0, 0.05) is 6.04 Å². The van der Waals surface area contributed by atoms with E-state index in [4.69, 9.17) is 5.73 Å². The molecule has 1 atom stereocenters. The lowest BCUT2D eigenvalue weighted by Crippen LogP contribution is -2.45. The number of nitrogen functional groups attached to an aromatic ring is 1. The lowest BCUT2D eigenvalue weighted by Gasteiger charge is -2.37. The smallest absolute Gasteiger partial charge is 0.348 e. The zero-order valence-corrected chi connectivity index (χ0v) is 10.9. The normalized spacial score (nSPS) is 23.4. The fourth-order valence-corrected chi connectivity index (χ4v) is 3.14. The van der Waals surface area contributed by atoms with Gasteiger partial charge in [-0.3, -0.25) is 4.98 Å². The lowest BCUT2D eigenvalue weighted by atomic mass is 10.0. The van der Waals surface area contributed by atoms with Gasteiger partial charge in [-0.1, -0.05) is 12.8 Å². The van der Waals surface area contributed by atoms with E-state index in [0.29, 0.717) is 11.6 Å². The van der Waals surface area contributed by atoms with Crippen LogP contribution in [0.4, 0.5) is 11.6 Å². The molecule has 0 radical (unpaired) electrons. The number of fused-ring (bicyclic) bond motifs is 1. The van der Waals surface area contributed by atoms with Gasteiger partial charge < -0.3 is 15.7 Å². The van der Waals surface area contributed by atoms with Gasteiger partial charge in [-0.15, -0.1) is 0 Å². The van der Waals surface area contributed by atoms with Crippen molar-refractivity contribution in [2.45, 2.75) is 44.9 Å². The van der Waals surface area contributed by atoms with Crippen LogP contribution in [0, 0.1) is 0 Å². The summed E-state index contributed by atoms with van der Waals surface area (Å²) in [7, 11) is 0. The van der Waals surface area contributed by atoms with Gasteiger partial charge >= 0.3 is 5.69 Å². The first-order chi connectivity index (χ1) is 9.08. The zero-order valence-electron chi connectivity index (χ0n) is 10.9. The quantitative estimate of drug-likeness (QED) is 0.697. The number of nitrogens with one attached hydrogen (secondary N) is 1. The molecule has 6 nitrogen and oxygen atoms in total. The largest absolute Gasteiger partial charge is 0.385 e. The number of rotatable bonds is 1. The van der Waals surface area contributed by atoms with Gasteiger partial charge in [0.15, 0.2) is 0 Å². The molecule has 4 N–H and O–H groups in total. The zero-order chi connectivity index (χ0) is 13.6. The fourth-order valence-electron chi connectivity index (χ4n) is 3.14. The first kappa shape index (κ1) is 12.2. The van der Waals surface area contributed by atoms with E-state index in [1.807, 2.05) is 11.8 Å². The highest BCUT2D eigenvalue weighted by molar-refractivity contribution is 5.83. The fraction of sp³-hybridized carbons (Fsp3) is 0.538. The van der Waals surface area contributed by atoms with Gasteiger partial charge in [-0.2, -0.15) is 4.98 Å². The molecule has 19 heavy (non-hydrogen) atoms. The number of aromatic amines is 1. The molecule has 1 unspecified atom stereocenters. The van der Waals surface area contributed by atoms with Crippen molar-refractivity contribution in [3.8, 4) is 0 Å². The third kappa shape index (κ3) is 1.92. The highest BCUT2D eigenvalue weighted by Gasteiger charge is 2.33. The summed E-state index contributed by atoms with van der Waals surface area (Å²) in [5, 5.41) is 10.3. The molecule has 2 heterocycles. The number of aliphatic hydroxyl groups excluding tert-OH is 1. The molecule has 0 aromatic carbocycles. The Balaban J connectivity index is 2.16. The van der Waals surface area contributed by atoms with Crippen LogP contribution in [0.25, 0.3) is 5.57 Å². The van der Waals surface area contributed by atoms with E-state index in [-0.39, 0.29) is 6.04 Å². The second-order valence-corrected chi connectivity index (χ2v) is 5.26. The average molecular weight is 262 g/mol. The molecule has 1 fully saturated rings. The maximum Gasteiger partial charge on any atom is 0.348 e. The molecule has 1 saturated carbocycles. The van der Waals surface area contributed by atoms with Crippen LogP contribution in [-0.2, 0) is 0 Å². The van der Waals surface area contributed by atoms with E-state index >= 15 is 0 Å². The Morgan fingerprint density at radius 1 is 1.47 bits per heavy atom. The molecule has 102 valence electrons. The Hall–Kier alpha value is -1.82. The molecule has 0 spiro atoms. The van der Waals surface area contributed by atoms with Gasteiger partial charge in [0.05, 0.1) is 5.56 Å². The topological polar surface area (TPSA) is 95.2 Å². The predicted molar refractivity (Wildman–Crippen MR) is 73.7 cm³/mol. The third-order valence-electron chi connectivity index (χ3n) is 3.98. The van der Waals surface area contributed by atoms with Crippen LogP contribution in [0.15, 0.2) is 10.9 Å². The minimum atomic E-state index is -0.732. The SMILES string of the molecule is CC1=CC(O)N(C2CCCC2)c2nc(=O)[nH]c(N)c21. The van der Waals surface area contributed by atoms with Crippen LogP contribution in [0.5, 0.6) is 0 Å². The van der Waals surface area contributed by atoms with Crippen molar-refractivity contribution < 1.29 is 5.11 Å². The van der Waals surface area contributed by atoms with E-state index in [2.05, 4.69) is 9.97 Å². The summed E-state index contributed by atoms with van der Waals surface area (Å²) in [6.07, 6.45) is 5.34. The molecule has 1 aromatic heterocycles. The summed E-state index contributed by atoms with van der Waals surface area (Å²) < 4.78 is 0. The Bertz CT molecular complexity index is 587. The Kier molecular flexibility index (Phi) is 2.82. The monoisotopic (exact) mass is 262 g/mol. The minimum Gasteiger partial charge on any atom is -0.385 e. The van der Waals surface area contributed by atoms with Crippen LogP contribution in [0.3, 0.4) is 0 Å². The number of hydrogen-bond donors (Lipinski definition) is 3. The van der Waals surface area contributed by atoms with E-state index < -0.39 is 11.9 Å². The number of anilines is 2. The van der Waals surface area contributed by atoms with Crippen molar-refractivity contribution in [3.63, 3.8) is 0 Å². The Morgan fingerprint density at radius 2 is 2.16 bits per heavy atom. The van der Waals surface area contributed by atoms with Gasteiger partial charge in [0.2, 0.25) is 0 Å². The number of H-pyrrole nitrogens is 1. The van der Waals surface area contributed by atoms with Crippen LogP contribution >= 0.6 is 0 Å². The summed E-state index contributed by atoms with van der Waals surface area (Å²) in [6.45, 7) is 1.87. The molecular formula is C13H18N4O2. The number of allylic oxidation sites excluding steroid dienone is 1. The third-order valence-corrected chi connectivity index (χ3v) is 3.98. The van der Waals surface area contributed by atoms with E-state index in [9.17, 15) is 9.90 Å². The summed E-state index contributed by atoms with van der Waals surface area (Å²) in [5.74, 6) is 0.833. The van der Waals surface area contributed by atoms with Crippen molar-refractivity contribution in [2.75, 3.05) is 10.6 Å². The summed E-state index contributed by atoms with van der Waals surface area (Å²) >= 11 is 0. The molecule has 1 aliphatic heterocycles. The van der Waals surface area contributed by atoms with E-state index in [0.717, 1.165) is 36.8 Å². The summed E-state index contributed by atoms with van der Waals surface area (Å²) in [6, 6.07) is 0.229. The van der Waals surface area contributed by atoms with E-state index in [1.165, 1.54) is 0 Å². The summed E-state index contributed by atoms with van der Waals surface area (Å²) in [5.41, 5.74) is 7.00. The standard InChI is InChI=1S/C13H18N4O2/c1-7-6-9(18)17(8-4-2-3-5-8)12-10(7)11(14)15-13(19)16-12/h6,8-9,18H,2-5H2,1H3,(H3,14,15,16,19). The highest BCUT2D eigenvalue weighted by Crippen LogP contribution is 2.38. The second-order valence-electron chi connectivity index (χ2n) is 5.26. The molecule has 1 aromatic rings. The second kappa shape index (κ2) is 4.38. The molecule has 1 aliphatic carbocycles. The predicted octanol–water partition coefficient (Wildman–Crippen LogP) is 0.836. The molecule has 2 aliphatic rings. The maximum atomic E-state index is 11.6. The molecule has 0 bridgehead atoms. The van der Waals surface area contributed by atoms with Crippen molar-refractivity contribution in [3.05, 3.63) is 22.1 Å². The van der Waals surface area contributed by atoms with Gasteiger partial charge in [0.25, 0.3) is 0 Å². The van der Waals surface area contributed by atoms with Gasteiger partial charge in [-0.25, -0.2) is 4.79 Å². The first-order valence-electron chi connectivity index (χ1n) is 6.63. The number of aliphatic hydroxyl groups is 1. The number of nitrogens with zero attached hydrogens (tertiary/aromatic N) is 2. The Labute approximate surface area is 111 Å². The van der Waals surface area contributed by atoms with Gasteiger partial charge in [-0.05, 0) is 31.4 Å². The molecule has 3 rings (SSSR count). The maximum absolute atomic E-state index is 11.6. The average Bonchev–Trinajstić information content (AvgIpc) is 2.80. The molecule has 0 amide bonds. The highest BCUT2D eigenvalue weighted by atomic mass is 16.3. The summed E-state index contributed by atoms with van der Waals surface area (Å²) in [4.78, 5) is 19.9. The number of hydrogen-bond acceptors (Lipinski definition) is 5. The van der Waals surface area contributed by atoms with Crippen molar-refractivity contribution in [1.82, 2.24) is 9.97 Å². The van der Waals surface area contributed by atoms with Crippen molar-refractivity contribution in [1.29, 1.82) is 0 Å². The molecule has 6 heteroatoms. The molecular weight excluding hydrogens is 244 g/mol. The Morgan fingerprint density at radius 3 is 2.84 bits per heavy atom. The molecule has 0 saturated heterocycles. The van der Waals surface area contributed by atoms with E-state index in [1.54, 1.807) is 6.08 Å². The van der Waals surface area contributed by atoms with Gasteiger partial charge in [0.1, 0.15) is 17.9 Å². The van der Waals surface area contributed by atoms with Crippen molar-refractivity contribution in [2.24, 2.45) is 0 Å². The van der Waals surface area contributed by atoms with Crippen LogP contribution in [0.1, 0.15) is 38.2 Å². The number of nitrogens with two attached hydrogens (primary N) is 1.